The monoisotopic (exact) mass is 397 g/mol. The van der Waals surface area contributed by atoms with Gasteiger partial charge in [-0.3, -0.25) is 5.43 Å². The van der Waals surface area contributed by atoms with Crippen LogP contribution in [0.4, 0.5) is 0 Å². The molecule has 1 fully saturated rings. The summed E-state index contributed by atoms with van der Waals surface area (Å²) in [6.45, 7) is 0. The molecular formula is C16H16ClN3O3S2. The summed E-state index contributed by atoms with van der Waals surface area (Å²) in [6.07, 6.45) is 2.03. The fraction of sp³-hybridized carbons (Fsp3) is 0.250. The summed E-state index contributed by atoms with van der Waals surface area (Å²) in [4.78, 5) is 0. The molecule has 3 rings (SSSR count). The Morgan fingerprint density at radius 3 is 2.84 bits per heavy atom. The molecule has 1 aromatic carbocycles. The van der Waals surface area contributed by atoms with Crippen LogP contribution in [0.25, 0.3) is 11.3 Å². The van der Waals surface area contributed by atoms with Gasteiger partial charge in [-0.2, -0.15) is 5.10 Å². The first kappa shape index (κ1) is 17.9. The summed E-state index contributed by atoms with van der Waals surface area (Å²) in [5.74, 6) is 1.46. The number of nitrogens with one attached hydrogen (secondary N) is 2. The van der Waals surface area contributed by atoms with Gasteiger partial charge in [0.05, 0.1) is 22.7 Å². The lowest BCUT2D eigenvalue weighted by molar-refractivity contribution is 0.574. The number of hydrazone groups is 1. The molecular weight excluding hydrogens is 382 g/mol. The highest BCUT2D eigenvalue weighted by molar-refractivity contribution is 7.91. The second-order valence-corrected chi connectivity index (χ2v) is 8.67. The number of benzene rings is 1. The quantitative estimate of drug-likeness (QED) is 0.468. The number of thiocarbonyl (C=S) groups is 1. The topological polar surface area (TPSA) is 83.7 Å². The molecule has 1 saturated heterocycles. The third kappa shape index (κ3) is 4.81. The van der Waals surface area contributed by atoms with Gasteiger partial charge in [-0.15, -0.1) is 0 Å². The van der Waals surface area contributed by atoms with Gasteiger partial charge in [0, 0.05) is 11.6 Å². The predicted molar refractivity (Wildman–Crippen MR) is 103 cm³/mol. The molecule has 9 heteroatoms. The van der Waals surface area contributed by atoms with Crippen molar-refractivity contribution in [3.63, 3.8) is 0 Å². The molecule has 2 aromatic rings. The van der Waals surface area contributed by atoms with Crippen LogP contribution in [0.1, 0.15) is 12.2 Å². The summed E-state index contributed by atoms with van der Waals surface area (Å²) in [5, 5.41) is 7.81. The van der Waals surface area contributed by atoms with Gasteiger partial charge in [0.15, 0.2) is 14.9 Å². The number of hydrogen-bond acceptors (Lipinski definition) is 5. The Morgan fingerprint density at radius 1 is 1.32 bits per heavy atom. The molecule has 6 nitrogen and oxygen atoms in total. The molecule has 1 atom stereocenters. The molecule has 0 aliphatic carbocycles. The average molecular weight is 398 g/mol. The summed E-state index contributed by atoms with van der Waals surface area (Å²) in [6, 6.07) is 10.8. The molecule has 1 aliphatic rings. The number of halogens is 1. The van der Waals surface area contributed by atoms with E-state index in [0.717, 1.165) is 5.56 Å². The van der Waals surface area contributed by atoms with E-state index in [2.05, 4.69) is 15.8 Å². The van der Waals surface area contributed by atoms with Crippen molar-refractivity contribution in [3.05, 3.63) is 47.2 Å². The molecule has 0 saturated carbocycles. The van der Waals surface area contributed by atoms with Crippen LogP contribution in [-0.4, -0.2) is 37.3 Å². The predicted octanol–water partition coefficient (Wildman–Crippen LogP) is 2.59. The smallest absolute Gasteiger partial charge is 0.187 e. The van der Waals surface area contributed by atoms with Crippen LogP contribution in [0.15, 0.2) is 45.9 Å². The van der Waals surface area contributed by atoms with Gasteiger partial charge < -0.3 is 9.73 Å². The SMILES string of the molecule is O=S1(=O)CCC(NC(=S)N/N=C/c2ccc(-c3ccccc3Cl)o2)C1. The van der Waals surface area contributed by atoms with Crippen LogP contribution in [0, 0.1) is 0 Å². The van der Waals surface area contributed by atoms with Crippen molar-refractivity contribution in [2.75, 3.05) is 11.5 Å². The first-order valence-corrected chi connectivity index (χ1v) is 10.2. The number of nitrogens with zero attached hydrogens (tertiary/aromatic N) is 1. The van der Waals surface area contributed by atoms with Gasteiger partial charge in [-0.25, -0.2) is 8.42 Å². The van der Waals surface area contributed by atoms with Gasteiger partial charge in [-0.05, 0) is 42.9 Å². The van der Waals surface area contributed by atoms with Gasteiger partial charge in [-0.1, -0.05) is 23.7 Å². The fourth-order valence-electron chi connectivity index (χ4n) is 2.51. The summed E-state index contributed by atoms with van der Waals surface area (Å²) in [5.41, 5.74) is 3.46. The first-order chi connectivity index (χ1) is 11.9. The number of rotatable bonds is 4. The van der Waals surface area contributed by atoms with E-state index < -0.39 is 9.84 Å². The van der Waals surface area contributed by atoms with E-state index in [1.165, 1.54) is 6.21 Å². The van der Waals surface area contributed by atoms with Crippen molar-refractivity contribution in [3.8, 4) is 11.3 Å². The third-order valence-electron chi connectivity index (χ3n) is 3.69. The standard InChI is InChI=1S/C16H16ClN3O3S2/c17-14-4-2-1-3-13(14)15-6-5-12(23-15)9-18-20-16(24)19-11-7-8-25(21,22)10-11/h1-6,9,11H,7-8,10H2,(H2,19,20,24)/b18-9+. The lowest BCUT2D eigenvalue weighted by Crippen LogP contribution is -2.40. The molecule has 0 bridgehead atoms. The van der Waals surface area contributed by atoms with Crippen molar-refractivity contribution >= 4 is 45.0 Å². The largest absolute Gasteiger partial charge is 0.455 e. The molecule has 2 heterocycles. The second-order valence-electron chi connectivity index (χ2n) is 5.63. The minimum Gasteiger partial charge on any atom is -0.455 e. The number of sulfone groups is 1. The van der Waals surface area contributed by atoms with Crippen molar-refractivity contribution < 1.29 is 12.8 Å². The molecule has 132 valence electrons. The van der Waals surface area contributed by atoms with Gasteiger partial charge >= 0.3 is 0 Å². The molecule has 2 N–H and O–H groups in total. The summed E-state index contributed by atoms with van der Waals surface area (Å²) in [7, 11) is -2.95. The van der Waals surface area contributed by atoms with Gasteiger partial charge in [0.1, 0.15) is 11.5 Å². The van der Waals surface area contributed by atoms with E-state index in [1.807, 2.05) is 24.3 Å². The minimum absolute atomic E-state index is 0.0952. The summed E-state index contributed by atoms with van der Waals surface area (Å²) < 4.78 is 28.5. The van der Waals surface area contributed by atoms with E-state index in [-0.39, 0.29) is 22.7 Å². The Labute approximate surface area is 156 Å². The van der Waals surface area contributed by atoms with Gasteiger partial charge in [0.2, 0.25) is 0 Å². The number of furan rings is 1. The van der Waals surface area contributed by atoms with Crippen molar-refractivity contribution in [2.24, 2.45) is 5.10 Å². The minimum atomic E-state index is -2.95. The first-order valence-electron chi connectivity index (χ1n) is 7.58. The Hall–Kier alpha value is -1.90. The zero-order chi connectivity index (χ0) is 17.9. The maximum Gasteiger partial charge on any atom is 0.187 e. The van der Waals surface area contributed by atoms with Crippen LogP contribution in [-0.2, 0) is 9.84 Å². The normalized spacial score (nSPS) is 19.2. The van der Waals surface area contributed by atoms with Crippen LogP contribution in [0.5, 0.6) is 0 Å². The Morgan fingerprint density at radius 2 is 2.12 bits per heavy atom. The maximum atomic E-state index is 11.4. The molecule has 1 unspecified atom stereocenters. The third-order valence-corrected chi connectivity index (χ3v) is 6.00. The second kappa shape index (κ2) is 7.55. The Kier molecular flexibility index (Phi) is 5.41. The molecule has 1 aliphatic heterocycles. The van der Waals surface area contributed by atoms with Crippen LogP contribution in [0.3, 0.4) is 0 Å². The van der Waals surface area contributed by atoms with E-state index in [0.29, 0.717) is 23.0 Å². The lowest BCUT2D eigenvalue weighted by Gasteiger charge is -2.11. The average Bonchev–Trinajstić information content (AvgIpc) is 3.14. The molecule has 25 heavy (non-hydrogen) atoms. The molecule has 0 amide bonds. The Balaban J connectivity index is 1.55. The molecule has 1 aromatic heterocycles. The zero-order valence-electron chi connectivity index (χ0n) is 13.1. The van der Waals surface area contributed by atoms with Crippen LogP contribution < -0.4 is 10.7 Å². The zero-order valence-corrected chi connectivity index (χ0v) is 15.5. The van der Waals surface area contributed by atoms with E-state index in [9.17, 15) is 8.42 Å². The van der Waals surface area contributed by atoms with E-state index in [1.54, 1.807) is 12.1 Å². The highest BCUT2D eigenvalue weighted by Gasteiger charge is 2.28. The molecule has 0 spiro atoms. The number of hydrogen-bond donors (Lipinski definition) is 2. The Bertz CT molecular complexity index is 909. The van der Waals surface area contributed by atoms with Crippen molar-refractivity contribution in [2.45, 2.75) is 12.5 Å². The highest BCUT2D eigenvalue weighted by Crippen LogP contribution is 2.28. The van der Waals surface area contributed by atoms with Crippen LogP contribution in [0.2, 0.25) is 5.02 Å². The fourth-order valence-corrected chi connectivity index (χ4v) is 4.63. The lowest BCUT2D eigenvalue weighted by atomic mass is 10.2. The van der Waals surface area contributed by atoms with Crippen LogP contribution >= 0.6 is 23.8 Å². The summed E-state index contributed by atoms with van der Waals surface area (Å²) >= 11 is 11.2. The maximum absolute atomic E-state index is 11.4. The van der Waals surface area contributed by atoms with Crippen molar-refractivity contribution in [1.29, 1.82) is 0 Å². The van der Waals surface area contributed by atoms with Gasteiger partial charge in [0.25, 0.3) is 0 Å². The highest BCUT2D eigenvalue weighted by atomic mass is 35.5. The van der Waals surface area contributed by atoms with Crippen molar-refractivity contribution in [1.82, 2.24) is 10.7 Å². The van der Waals surface area contributed by atoms with E-state index >= 15 is 0 Å². The molecule has 0 radical (unpaired) electrons. The van der Waals surface area contributed by atoms with E-state index in [4.69, 9.17) is 28.2 Å².